The first-order chi connectivity index (χ1) is 9.06. The molecule has 0 N–H and O–H groups in total. The Morgan fingerprint density at radius 2 is 2.26 bits per heavy atom. The Kier molecular flexibility index (Phi) is 3.34. The molecule has 1 aliphatic heterocycles. The normalized spacial score (nSPS) is 18.4. The second kappa shape index (κ2) is 4.86. The zero-order valence-electron chi connectivity index (χ0n) is 10.8. The topological polar surface area (TPSA) is 27.1 Å². The van der Waals surface area contributed by atoms with Gasteiger partial charge < -0.3 is 4.74 Å². The summed E-state index contributed by atoms with van der Waals surface area (Å²) < 4.78 is 21.9. The van der Waals surface area contributed by atoms with Gasteiger partial charge in [0.25, 0.3) is 0 Å². The lowest BCUT2D eigenvalue weighted by Gasteiger charge is -2.20. The van der Waals surface area contributed by atoms with Crippen molar-refractivity contribution in [3.8, 4) is 5.69 Å². The number of aromatic nitrogens is 2. The van der Waals surface area contributed by atoms with Gasteiger partial charge in [0.15, 0.2) is 0 Å². The van der Waals surface area contributed by atoms with E-state index in [1.807, 2.05) is 10.7 Å². The fraction of sp³-hybridized carbons (Fsp3) is 0.357. The van der Waals surface area contributed by atoms with Crippen molar-refractivity contribution in [2.24, 2.45) is 0 Å². The zero-order chi connectivity index (χ0) is 13.6. The molecule has 3 nitrogen and oxygen atoms in total. The maximum Gasteiger partial charge on any atom is 0.129 e. The molecule has 0 fully saturated rings. The summed E-state index contributed by atoms with van der Waals surface area (Å²) in [6.07, 6.45) is 1.03. The second-order valence-corrected chi connectivity index (χ2v) is 5.91. The van der Waals surface area contributed by atoms with Crippen LogP contribution in [-0.4, -0.2) is 15.9 Å². The lowest BCUT2D eigenvalue weighted by atomic mass is 10.1. The number of hydrogen-bond acceptors (Lipinski definition) is 2. The van der Waals surface area contributed by atoms with E-state index in [0.717, 1.165) is 21.4 Å². The Balaban J connectivity index is 2.12. The fourth-order valence-corrected chi connectivity index (χ4v) is 3.02. The highest BCUT2D eigenvalue weighted by Crippen LogP contribution is 2.27. The molecule has 2 heterocycles. The van der Waals surface area contributed by atoms with E-state index in [-0.39, 0.29) is 11.9 Å². The number of benzene rings is 1. The molecule has 1 unspecified atom stereocenters. The second-order valence-electron chi connectivity index (χ2n) is 4.89. The van der Waals surface area contributed by atoms with Gasteiger partial charge in [-0.05, 0) is 60.2 Å². The van der Waals surface area contributed by atoms with Gasteiger partial charge in [0.05, 0.1) is 24.1 Å². The molecule has 0 saturated heterocycles. The van der Waals surface area contributed by atoms with Gasteiger partial charge in [0, 0.05) is 12.0 Å². The Morgan fingerprint density at radius 1 is 1.47 bits per heavy atom. The molecule has 0 saturated carbocycles. The molecule has 1 atom stereocenters. The van der Waals surface area contributed by atoms with E-state index in [1.165, 1.54) is 11.8 Å². The van der Waals surface area contributed by atoms with Gasteiger partial charge >= 0.3 is 0 Å². The van der Waals surface area contributed by atoms with Crippen LogP contribution in [0.2, 0.25) is 0 Å². The Bertz CT molecular complexity index is 639. The molecular weight excluding hydrogens is 358 g/mol. The van der Waals surface area contributed by atoms with Crippen molar-refractivity contribution in [3.05, 3.63) is 44.5 Å². The summed E-state index contributed by atoms with van der Waals surface area (Å²) >= 11 is 2.23. The number of aryl methyl sites for hydroxylation is 1. The van der Waals surface area contributed by atoms with Crippen molar-refractivity contribution in [2.75, 3.05) is 0 Å². The molecular formula is C14H14FIN2O. The van der Waals surface area contributed by atoms with Gasteiger partial charge in [-0.1, -0.05) is 0 Å². The van der Waals surface area contributed by atoms with E-state index < -0.39 is 0 Å². The average Bonchev–Trinajstić information content (AvgIpc) is 2.70. The van der Waals surface area contributed by atoms with Crippen molar-refractivity contribution >= 4 is 22.6 Å². The number of rotatable bonds is 1. The maximum atomic E-state index is 13.4. The quantitative estimate of drug-likeness (QED) is 0.718. The predicted molar refractivity (Wildman–Crippen MR) is 78.9 cm³/mol. The first-order valence-corrected chi connectivity index (χ1v) is 7.28. The van der Waals surface area contributed by atoms with Gasteiger partial charge in [-0.15, -0.1) is 0 Å². The Labute approximate surface area is 124 Å². The number of fused-ring (bicyclic) bond motifs is 1. The Morgan fingerprint density at radius 3 is 3.00 bits per heavy atom. The van der Waals surface area contributed by atoms with Crippen LogP contribution in [0.4, 0.5) is 4.39 Å². The number of hydrogen-bond donors (Lipinski definition) is 0. The van der Waals surface area contributed by atoms with Crippen LogP contribution in [0.15, 0.2) is 18.2 Å². The van der Waals surface area contributed by atoms with Crippen LogP contribution in [0.3, 0.4) is 0 Å². The van der Waals surface area contributed by atoms with Crippen LogP contribution in [0.5, 0.6) is 0 Å². The smallest absolute Gasteiger partial charge is 0.129 e. The third-order valence-electron chi connectivity index (χ3n) is 3.42. The fourth-order valence-electron chi connectivity index (χ4n) is 2.34. The van der Waals surface area contributed by atoms with Gasteiger partial charge in [-0.2, -0.15) is 5.10 Å². The van der Waals surface area contributed by atoms with Crippen molar-refractivity contribution in [2.45, 2.75) is 33.0 Å². The third-order valence-corrected chi connectivity index (χ3v) is 4.29. The van der Waals surface area contributed by atoms with Gasteiger partial charge in [-0.25, -0.2) is 9.07 Å². The van der Waals surface area contributed by atoms with E-state index in [1.54, 1.807) is 13.0 Å². The third kappa shape index (κ3) is 2.29. The minimum absolute atomic E-state index is 0.184. The standard InChI is InChI=1S/C14H14FIN2O/c1-8-5-10(3-4-12(8)15)18-13-6-9(2)19-7-11(13)14(16)17-18/h3-5,9H,6-7H2,1-2H3. The van der Waals surface area contributed by atoms with E-state index >= 15 is 0 Å². The maximum absolute atomic E-state index is 13.4. The predicted octanol–water partition coefficient (Wildman–Crippen LogP) is 3.39. The zero-order valence-corrected chi connectivity index (χ0v) is 12.9. The Hall–Kier alpha value is -0.950. The molecule has 0 amide bonds. The molecule has 1 aliphatic rings. The highest BCUT2D eigenvalue weighted by molar-refractivity contribution is 14.1. The highest BCUT2D eigenvalue weighted by Gasteiger charge is 2.24. The van der Waals surface area contributed by atoms with Crippen LogP contribution >= 0.6 is 22.6 Å². The molecule has 5 heteroatoms. The van der Waals surface area contributed by atoms with Gasteiger partial charge in [0.2, 0.25) is 0 Å². The van der Waals surface area contributed by atoms with Crippen molar-refractivity contribution in [1.82, 2.24) is 9.78 Å². The molecule has 1 aromatic heterocycles. The molecule has 2 aromatic rings. The summed E-state index contributed by atoms with van der Waals surface area (Å²) in [6.45, 7) is 4.43. The minimum Gasteiger partial charge on any atom is -0.373 e. The highest BCUT2D eigenvalue weighted by atomic mass is 127. The summed E-state index contributed by atoms with van der Waals surface area (Å²) in [7, 11) is 0. The van der Waals surface area contributed by atoms with Crippen molar-refractivity contribution in [1.29, 1.82) is 0 Å². The number of ether oxygens (including phenoxy) is 1. The molecule has 100 valence electrons. The van der Waals surface area contributed by atoms with Crippen LogP contribution in [0.1, 0.15) is 23.7 Å². The molecule has 1 aromatic carbocycles. The van der Waals surface area contributed by atoms with E-state index in [9.17, 15) is 4.39 Å². The minimum atomic E-state index is -0.184. The summed E-state index contributed by atoms with van der Waals surface area (Å²) in [5.41, 5.74) is 3.87. The van der Waals surface area contributed by atoms with E-state index in [4.69, 9.17) is 4.74 Å². The largest absolute Gasteiger partial charge is 0.373 e. The first-order valence-electron chi connectivity index (χ1n) is 6.20. The van der Waals surface area contributed by atoms with Gasteiger partial charge in [0.1, 0.15) is 9.52 Å². The lowest BCUT2D eigenvalue weighted by Crippen LogP contribution is -2.21. The molecule has 0 spiro atoms. The SMILES string of the molecule is Cc1cc(-n2nc(I)c3c2CC(C)OC3)ccc1F. The average molecular weight is 372 g/mol. The molecule has 0 radical (unpaired) electrons. The van der Waals surface area contributed by atoms with Crippen LogP contribution in [0.25, 0.3) is 5.69 Å². The van der Waals surface area contributed by atoms with Crippen molar-refractivity contribution in [3.63, 3.8) is 0 Å². The summed E-state index contributed by atoms with van der Waals surface area (Å²) in [5.74, 6) is -0.184. The molecule has 0 bridgehead atoms. The summed E-state index contributed by atoms with van der Waals surface area (Å²) in [5, 5.41) is 4.57. The molecule has 3 rings (SSSR count). The van der Waals surface area contributed by atoms with Crippen LogP contribution in [0, 0.1) is 16.4 Å². The first kappa shape index (κ1) is 13.1. The van der Waals surface area contributed by atoms with Crippen LogP contribution < -0.4 is 0 Å². The van der Waals surface area contributed by atoms with Gasteiger partial charge in [-0.3, -0.25) is 0 Å². The number of nitrogens with zero attached hydrogens (tertiary/aromatic N) is 2. The summed E-state index contributed by atoms with van der Waals surface area (Å²) in [6, 6.07) is 5.10. The summed E-state index contributed by atoms with van der Waals surface area (Å²) in [4.78, 5) is 0. The number of halogens is 2. The molecule has 19 heavy (non-hydrogen) atoms. The van der Waals surface area contributed by atoms with Crippen LogP contribution in [-0.2, 0) is 17.8 Å². The monoisotopic (exact) mass is 372 g/mol. The van der Waals surface area contributed by atoms with Crippen molar-refractivity contribution < 1.29 is 9.13 Å². The van der Waals surface area contributed by atoms with E-state index in [0.29, 0.717) is 12.2 Å². The molecule has 0 aliphatic carbocycles. The lowest BCUT2D eigenvalue weighted by molar-refractivity contribution is 0.0395. The van der Waals surface area contributed by atoms with E-state index in [2.05, 4.69) is 34.6 Å².